The Morgan fingerprint density at radius 2 is 1.89 bits per heavy atom. The number of nitrogens with one attached hydrogen (secondary N) is 1. The molecule has 18 heavy (non-hydrogen) atoms. The molecular weight excluding hydrogens is 252 g/mol. The lowest BCUT2D eigenvalue weighted by atomic mass is 10.1. The van der Waals surface area contributed by atoms with E-state index in [0.29, 0.717) is 22.1 Å². The zero-order chi connectivity index (χ0) is 13.1. The molecule has 0 unspecified atom stereocenters. The minimum absolute atomic E-state index is 0.178. The molecule has 4 N–H and O–H groups in total. The van der Waals surface area contributed by atoms with E-state index in [1.54, 1.807) is 36.4 Å². The number of aromatic carboxylic acids is 1. The summed E-state index contributed by atoms with van der Waals surface area (Å²) in [5, 5.41) is 12.6. The van der Waals surface area contributed by atoms with Gasteiger partial charge in [0.1, 0.15) is 0 Å². The molecule has 0 atom stereocenters. The topological polar surface area (TPSA) is 75.3 Å². The van der Waals surface area contributed by atoms with Crippen LogP contribution >= 0.6 is 11.6 Å². The molecule has 5 heteroatoms. The van der Waals surface area contributed by atoms with Crippen molar-refractivity contribution in [3.8, 4) is 0 Å². The summed E-state index contributed by atoms with van der Waals surface area (Å²) in [5.74, 6) is -1.00. The fraction of sp³-hybridized carbons (Fsp3) is 0. The van der Waals surface area contributed by atoms with Crippen molar-refractivity contribution in [2.45, 2.75) is 0 Å². The third kappa shape index (κ3) is 2.55. The van der Waals surface area contributed by atoms with Crippen LogP contribution in [0.2, 0.25) is 5.02 Å². The number of halogens is 1. The summed E-state index contributed by atoms with van der Waals surface area (Å²) in [6.45, 7) is 0. The molecule has 92 valence electrons. The molecule has 0 spiro atoms. The molecule has 0 amide bonds. The predicted octanol–water partition coefficient (Wildman–Crippen LogP) is 3.36. The van der Waals surface area contributed by atoms with Crippen LogP contribution in [0.5, 0.6) is 0 Å². The first kappa shape index (κ1) is 12.3. The lowest BCUT2D eigenvalue weighted by molar-refractivity contribution is 0.0698. The molecule has 0 aliphatic carbocycles. The maximum absolute atomic E-state index is 11.1. The molecule has 0 heterocycles. The van der Waals surface area contributed by atoms with Crippen molar-refractivity contribution in [1.82, 2.24) is 0 Å². The number of carboxylic acids is 1. The van der Waals surface area contributed by atoms with Gasteiger partial charge < -0.3 is 16.2 Å². The molecular formula is C13H11ClN2O2. The van der Waals surface area contributed by atoms with Crippen LogP contribution in [0.25, 0.3) is 0 Å². The first-order valence-electron chi connectivity index (χ1n) is 5.22. The number of carbonyl (C=O) groups is 1. The average Bonchev–Trinajstić information content (AvgIpc) is 2.34. The highest BCUT2D eigenvalue weighted by Crippen LogP contribution is 2.28. The minimum atomic E-state index is -1.00. The maximum atomic E-state index is 11.1. The van der Waals surface area contributed by atoms with Crippen molar-refractivity contribution in [3.05, 3.63) is 53.1 Å². The van der Waals surface area contributed by atoms with Crippen LogP contribution in [0.15, 0.2) is 42.5 Å². The van der Waals surface area contributed by atoms with Gasteiger partial charge in [0.15, 0.2) is 0 Å². The van der Waals surface area contributed by atoms with Gasteiger partial charge in [-0.15, -0.1) is 0 Å². The Balaban J connectivity index is 2.40. The van der Waals surface area contributed by atoms with Crippen molar-refractivity contribution in [2.75, 3.05) is 11.1 Å². The summed E-state index contributed by atoms with van der Waals surface area (Å²) >= 11 is 5.87. The zero-order valence-corrected chi connectivity index (χ0v) is 10.1. The maximum Gasteiger partial charge on any atom is 0.337 e. The second-order valence-electron chi connectivity index (χ2n) is 3.71. The third-order valence-electron chi connectivity index (χ3n) is 2.44. The van der Waals surface area contributed by atoms with Crippen molar-refractivity contribution in [3.63, 3.8) is 0 Å². The van der Waals surface area contributed by atoms with E-state index in [0.717, 1.165) is 0 Å². The van der Waals surface area contributed by atoms with Crippen molar-refractivity contribution in [2.24, 2.45) is 0 Å². The third-order valence-corrected chi connectivity index (χ3v) is 2.68. The molecule has 0 aliphatic heterocycles. The largest absolute Gasteiger partial charge is 0.478 e. The Morgan fingerprint density at radius 3 is 2.61 bits per heavy atom. The van der Waals surface area contributed by atoms with Gasteiger partial charge in [-0.2, -0.15) is 0 Å². The highest BCUT2D eigenvalue weighted by atomic mass is 35.5. The Kier molecular flexibility index (Phi) is 3.39. The quantitative estimate of drug-likeness (QED) is 0.742. The van der Waals surface area contributed by atoms with Crippen LogP contribution in [0.1, 0.15) is 10.4 Å². The summed E-state index contributed by atoms with van der Waals surface area (Å²) in [4.78, 5) is 11.1. The van der Waals surface area contributed by atoms with E-state index in [-0.39, 0.29) is 5.56 Å². The number of rotatable bonds is 3. The molecule has 2 aromatic carbocycles. The second-order valence-corrected chi connectivity index (χ2v) is 4.14. The van der Waals surface area contributed by atoms with Crippen LogP contribution in [-0.4, -0.2) is 11.1 Å². The smallest absolute Gasteiger partial charge is 0.337 e. The lowest BCUT2D eigenvalue weighted by Crippen LogP contribution is -2.03. The number of nitrogen functional groups attached to an aromatic ring is 1. The monoisotopic (exact) mass is 262 g/mol. The van der Waals surface area contributed by atoms with Crippen molar-refractivity contribution < 1.29 is 9.90 Å². The second kappa shape index (κ2) is 4.98. The first-order chi connectivity index (χ1) is 8.58. The summed E-state index contributed by atoms with van der Waals surface area (Å²) in [7, 11) is 0. The molecule has 2 aromatic rings. The van der Waals surface area contributed by atoms with Crippen molar-refractivity contribution >= 4 is 34.6 Å². The SMILES string of the molecule is Nc1ccc(Cl)cc1Nc1ccccc1C(=O)O. The van der Waals surface area contributed by atoms with Gasteiger partial charge in [0.2, 0.25) is 0 Å². The van der Waals surface area contributed by atoms with Gasteiger partial charge in [-0.1, -0.05) is 23.7 Å². The number of para-hydroxylation sites is 1. The van der Waals surface area contributed by atoms with E-state index in [2.05, 4.69) is 5.32 Å². The number of hydrogen-bond acceptors (Lipinski definition) is 3. The molecule has 0 aliphatic rings. The van der Waals surface area contributed by atoms with Gasteiger partial charge in [0.05, 0.1) is 22.6 Å². The molecule has 4 nitrogen and oxygen atoms in total. The van der Waals surface area contributed by atoms with Gasteiger partial charge in [0, 0.05) is 5.02 Å². The number of carboxylic acid groups (broad SMARTS) is 1. The first-order valence-corrected chi connectivity index (χ1v) is 5.60. The van der Waals surface area contributed by atoms with Crippen molar-refractivity contribution in [1.29, 1.82) is 0 Å². The standard InChI is InChI=1S/C13H11ClN2O2/c14-8-5-6-10(15)12(7-8)16-11-4-2-1-3-9(11)13(17)18/h1-7,16H,15H2,(H,17,18). The molecule has 0 fully saturated rings. The van der Waals surface area contributed by atoms with E-state index in [4.69, 9.17) is 22.4 Å². The Bertz CT molecular complexity index is 599. The van der Waals surface area contributed by atoms with E-state index < -0.39 is 5.97 Å². The number of nitrogens with two attached hydrogens (primary N) is 1. The summed E-state index contributed by atoms with van der Waals surface area (Å²) in [6, 6.07) is 11.6. The summed E-state index contributed by atoms with van der Waals surface area (Å²) in [5.41, 5.74) is 7.52. The average molecular weight is 263 g/mol. The lowest BCUT2D eigenvalue weighted by Gasteiger charge is -2.11. The van der Waals surface area contributed by atoms with Crippen LogP contribution in [-0.2, 0) is 0 Å². The molecule has 2 rings (SSSR count). The summed E-state index contributed by atoms with van der Waals surface area (Å²) in [6.07, 6.45) is 0. The summed E-state index contributed by atoms with van der Waals surface area (Å²) < 4.78 is 0. The highest BCUT2D eigenvalue weighted by Gasteiger charge is 2.10. The van der Waals surface area contributed by atoms with E-state index in [9.17, 15) is 4.79 Å². The molecule has 0 radical (unpaired) electrons. The van der Waals surface area contributed by atoms with E-state index >= 15 is 0 Å². The van der Waals surface area contributed by atoms with Gasteiger partial charge >= 0.3 is 5.97 Å². The number of anilines is 3. The van der Waals surface area contributed by atoms with E-state index in [1.807, 2.05) is 0 Å². The highest BCUT2D eigenvalue weighted by molar-refractivity contribution is 6.31. The van der Waals surface area contributed by atoms with Crippen LogP contribution in [0, 0.1) is 0 Å². The van der Waals surface area contributed by atoms with Gasteiger partial charge in [-0.25, -0.2) is 4.79 Å². The van der Waals surface area contributed by atoms with Crippen LogP contribution in [0.3, 0.4) is 0 Å². The minimum Gasteiger partial charge on any atom is -0.478 e. The Hall–Kier alpha value is -2.20. The molecule has 0 bridgehead atoms. The Labute approximate surface area is 109 Å². The van der Waals surface area contributed by atoms with Gasteiger partial charge in [-0.05, 0) is 30.3 Å². The molecule has 0 saturated carbocycles. The normalized spacial score (nSPS) is 10.1. The fourth-order valence-corrected chi connectivity index (χ4v) is 1.73. The molecule has 0 saturated heterocycles. The number of benzene rings is 2. The molecule has 0 aromatic heterocycles. The zero-order valence-electron chi connectivity index (χ0n) is 9.35. The predicted molar refractivity (Wildman–Crippen MR) is 72.5 cm³/mol. The fourth-order valence-electron chi connectivity index (χ4n) is 1.56. The van der Waals surface area contributed by atoms with Crippen LogP contribution < -0.4 is 11.1 Å². The van der Waals surface area contributed by atoms with Crippen LogP contribution in [0.4, 0.5) is 17.1 Å². The van der Waals surface area contributed by atoms with Gasteiger partial charge in [0.25, 0.3) is 0 Å². The Morgan fingerprint density at radius 1 is 1.17 bits per heavy atom. The number of hydrogen-bond donors (Lipinski definition) is 3. The van der Waals surface area contributed by atoms with E-state index in [1.165, 1.54) is 6.07 Å². The van der Waals surface area contributed by atoms with Gasteiger partial charge in [-0.3, -0.25) is 0 Å².